The second-order valence-electron chi connectivity index (χ2n) is 3.85. The predicted molar refractivity (Wildman–Crippen MR) is 71.2 cm³/mol. The smallest absolute Gasteiger partial charge is 0.215 e. The topological polar surface area (TPSA) is 136 Å². The molecule has 0 amide bonds. The SMILES string of the molecule is Nc1ccccc1OCCS(=O)(=O)NCc1nn[nH]n1. The summed E-state index contributed by atoms with van der Waals surface area (Å²) < 4.78 is 31.0. The highest BCUT2D eigenvalue weighted by Crippen LogP contribution is 2.19. The van der Waals surface area contributed by atoms with Gasteiger partial charge in [-0.25, -0.2) is 13.1 Å². The fourth-order valence-corrected chi connectivity index (χ4v) is 2.17. The van der Waals surface area contributed by atoms with E-state index in [-0.39, 0.29) is 24.7 Å². The molecule has 1 heterocycles. The van der Waals surface area contributed by atoms with E-state index in [1.807, 2.05) is 0 Å². The number of ether oxygens (including phenoxy) is 1. The number of sulfonamides is 1. The predicted octanol–water partition coefficient (Wildman–Crippen LogP) is -0.720. The van der Waals surface area contributed by atoms with E-state index in [9.17, 15) is 8.42 Å². The lowest BCUT2D eigenvalue weighted by Gasteiger charge is -2.09. The third kappa shape index (κ3) is 4.17. The number of anilines is 1. The van der Waals surface area contributed by atoms with Crippen LogP contribution in [0.3, 0.4) is 0 Å². The van der Waals surface area contributed by atoms with Gasteiger partial charge in [-0.05, 0) is 12.1 Å². The number of nitrogens with two attached hydrogens (primary N) is 1. The summed E-state index contributed by atoms with van der Waals surface area (Å²) in [7, 11) is -3.48. The minimum atomic E-state index is -3.48. The molecule has 0 fully saturated rings. The monoisotopic (exact) mass is 298 g/mol. The van der Waals surface area contributed by atoms with E-state index in [1.165, 1.54) is 0 Å². The van der Waals surface area contributed by atoms with Crippen LogP contribution in [0.2, 0.25) is 0 Å². The van der Waals surface area contributed by atoms with E-state index < -0.39 is 10.0 Å². The van der Waals surface area contributed by atoms with Crippen LogP contribution in [-0.2, 0) is 16.6 Å². The van der Waals surface area contributed by atoms with Gasteiger partial charge >= 0.3 is 0 Å². The van der Waals surface area contributed by atoms with E-state index in [2.05, 4.69) is 25.3 Å². The Bertz CT molecular complexity index is 643. The number of tetrazole rings is 1. The minimum Gasteiger partial charge on any atom is -0.490 e. The van der Waals surface area contributed by atoms with Crippen molar-refractivity contribution < 1.29 is 13.2 Å². The van der Waals surface area contributed by atoms with Crippen molar-refractivity contribution in [1.29, 1.82) is 0 Å². The van der Waals surface area contributed by atoms with Gasteiger partial charge in [-0.1, -0.05) is 17.3 Å². The molecule has 0 bridgehead atoms. The van der Waals surface area contributed by atoms with E-state index in [4.69, 9.17) is 10.5 Å². The largest absolute Gasteiger partial charge is 0.490 e. The molecular formula is C10H14N6O3S. The van der Waals surface area contributed by atoms with Crippen LogP contribution in [0.25, 0.3) is 0 Å². The minimum absolute atomic E-state index is 0.00418. The van der Waals surface area contributed by atoms with Gasteiger partial charge in [-0.3, -0.25) is 0 Å². The van der Waals surface area contributed by atoms with E-state index in [0.717, 1.165) is 0 Å². The molecule has 0 aliphatic rings. The van der Waals surface area contributed by atoms with Crippen molar-refractivity contribution in [2.45, 2.75) is 6.54 Å². The lowest BCUT2D eigenvalue weighted by atomic mass is 10.3. The van der Waals surface area contributed by atoms with Crippen molar-refractivity contribution in [2.75, 3.05) is 18.1 Å². The number of aromatic amines is 1. The average Bonchev–Trinajstić information content (AvgIpc) is 2.92. The summed E-state index contributed by atoms with van der Waals surface area (Å²) in [6.45, 7) is -0.0257. The lowest BCUT2D eigenvalue weighted by Crippen LogP contribution is -2.29. The number of nitrogens with zero attached hydrogens (tertiary/aromatic N) is 3. The third-order valence-electron chi connectivity index (χ3n) is 2.37. The molecule has 9 nitrogen and oxygen atoms in total. The fraction of sp³-hybridized carbons (Fsp3) is 0.300. The summed E-state index contributed by atoms with van der Waals surface area (Å²) >= 11 is 0. The molecule has 20 heavy (non-hydrogen) atoms. The van der Waals surface area contributed by atoms with Gasteiger partial charge in [0.1, 0.15) is 12.4 Å². The van der Waals surface area contributed by atoms with Crippen LogP contribution in [0.4, 0.5) is 5.69 Å². The summed E-state index contributed by atoms with van der Waals surface area (Å²) in [5.41, 5.74) is 6.14. The van der Waals surface area contributed by atoms with Crippen molar-refractivity contribution >= 4 is 15.7 Å². The summed E-state index contributed by atoms with van der Waals surface area (Å²) in [4.78, 5) is 0. The number of H-pyrrole nitrogens is 1. The molecular weight excluding hydrogens is 284 g/mol. The maximum Gasteiger partial charge on any atom is 0.215 e. The number of benzene rings is 1. The lowest BCUT2D eigenvalue weighted by molar-refractivity contribution is 0.342. The van der Waals surface area contributed by atoms with Gasteiger partial charge in [0.05, 0.1) is 18.0 Å². The van der Waals surface area contributed by atoms with Gasteiger partial charge in [0.15, 0.2) is 5.82 Å². The van der Waals surface area contributed by atoms with Crippen molar-refractivity contribution in [1.82, 2.24) is 25.3 Å². The van der Waals surface area contributed by atoms with Crippen molar-refractivity contribution in [2.24, 2.45) is 0 Å². The fourth-order valence-electron chi connectivity index (χ4n) is 1.38. The number of para-hydroxylation sites is 2. The summed E-state index contributed by atoms with van der Waals surface area (Å²) in [5, 5.41) is 12.8. The maximum absolute atomic E-state index is 11.7. The zero-order valence-corrected chi connectivity index (χ0v) is 11.3. The molecule has 10 heteroatoms. The summed E-state index contributed by atoms with van der Waals surface area (Å²) in [6.07, 6.45) is 0. The molecule has 108 valence electrons. The second-order valence-corrected chi connectivity index (χ2v) is 5.78. The molecule has 0 saturated carbocycles. The summed E-state index contributed by atoms with van der Waals surface area (Å²) in [5.74, 6) is 0.529. The number of aromatic nitrogens is 4. The van der Waals surface area contributed by atoms with Crippen LogP contribution < -0.4 is 15.2 Å². The standard InChI is InChI=1S/C10H14N6O3S/c11-8-3-1-2-4-9(8)19-5-6-20(17,18)12-7-10-13-15-16-14-10/h1-4,12H,5-7,11H2,(H,13,14,15,16). The van der Waals surface area contributed by atoms with Gasteiger partial charge < -0.3 is 10.5 Å². The normalized spacial score (nSPS) is 11.4. The molecule has 1 aromatic heterocycles. The van der Waals surface area contributed by atoms with Gasteiger partial charge in [0.2, 0.25) is 10.0 Å². The number of nitrogens with one attached hydrogen (secondary N) is 2. The first-order valence-electron chi connectivity index (χ1n) is 5.74. The quantitative estimate of drug-likeness (QED) is 0.574. The number of hydrogen-bond donors (Lipinski definition) is 3. The Hall–Kier alpha value is -2.20. The number of rotatable bonds is 7. The highest BCUT2D eigenvalue weighted by atomic mass is 32.2. The van der Waals surface area contributed by atoms with Crippen LogP contribution in [0.5, 0.6) is 5.75 Å². The highest BCUT2D eigenvalue weighted by molar-refractivity contribution is 7.89. The van der Waals surface area contributed by atoms with Crippen molar-refractivity contribution in [3.05, 3.63) is 30.1 Å². The molecule has 0 unspecified atom stereocenters. The molecule has 2 rings (SSSR count). The van der Waals surface area contributed by atoms with Gasteiger partial charge in [0.25, 0.3) is 0 Å². The third-order valence-corrected chi connectivity index (χ3v) is 3.66. The van der Waals surface area contributed by atoms with E-state index in [0.29, 0.717) is 11.4 Å². The Morgan fingerprint density at radius 1 is 1.35 bits per heavy atom. The Labute approximate surface area is 115 Å². The van der Waals surface area contributed by atoms with Crippen LogP contribution in [0.15, 0.2) is 24.3 Å². The number of nitrogen functional groups attached to an aromatic ring is 1. The Kier molecular flexibility index (Phi) is 4.48. The van der Waals surface area contributed by atoms with Gasteiger partial charge in [0, 0.05) is 0 Å². The average molecular weight is 298 g/mol. The summed E-state index contributed by atoms with van der Waals surface area (Å²) in [6, 6.07) is 6.88. The van der Waals surface area contributed by atoms with Gasteiger partial charge in [-0.2, -0.15) is 5.21 Å². The first kappa shape index (κ1) is 14.2. The Morgan fingerprint density at radius 2 is 2.15 bits per heavy atom. The maximum atomic E-state index is 11.7. The Morgan fingerprint density at radius 3 is 2.85 bits per heavy atom. The zero-order valence-electron chi connectivity index (χ0n) is 10.5. The van der Waals surface area contributed by atoms with Crippen molar-refractivity contribution in [3.8, 4) is 5.75 Å². The molecule has 0 saturated heterocycles. The molecule has 4 N–H and O–H groups in total. The van der Waals surface area contributed by atoms with Crippen molar-refractivity contribution in [3.63, 3.8) is 0 Å². The highest BCUT2D eigenvalue weighted by Gasteiger charge is 2.12. The van der Waals surface area contributed by atoms with Crippen LogP contribution >= 0.6 is 0 Å². The molecule has 0 spiro atoms. The van der Waals surface area contributed by atoms with Gasteiger partial charge in [-0.15, -0.1) is 10.2 Å². The molecule has 0 aliphatic carbocycles. The molecule has 0 atom stereocenters. The first-order valence-corrected chi connectivity index (χ1v) is 7.39. The molecule has 1 aromatic carbocycles. The van der Waals surface area contributed by atoms with Crippen LogP contribution in [0, 0.1) is 0 Å². The molecule has 0 aliphatic heterocycles. The van der Waals surface area contributed by atoms with E-state index >= 15 is 0 Å². The molecule has 0 radical (unpaired) electrons. The van der Waals surface area contributed by atoms with Crippen LogP contribution in [0.1, 0.15) is 5.82 Å². The van der Waals surface area contributed by atoms with E-state index in [1.54, 1.807) is 24.3 Å². The first-order chi connectivity index (χ1) is 9.57. The van der Waals surface area contributed by atoms with Crippen LogP contribution in [-0.4, -0.2) is 41.4 Å². The number of hydrogen-bond acceptors (Lipinski definition) is 7. The Balaban J connectivity index is 1.79. The molecule has 2 aromatic rings. The second kappa shape index (κ2) is 6.30. The zero-order chi connectivity index (χ0) is 14.4.